The second-order valence-electron chi connectivity index (χ2n) is 6.06. The van der Waals surface area contributed by atoms with Gasteiger partial charge < -0.3 is 14.0 Å². The van der Waals surface area contributed by atoms with E-state index in [0.717, 1.165) is 17.9 Å². The zero-order valence-corrected chi connectivity index (χ0v) is 15.1. The fourth-order valence-corrected chi connectivity index (χ4v) is 2.83. The van der Waals surface area contributed by atoms with E-state index in [1.165, 1.54) is 9.13 Å². The van der Waals surface area contributed by atoms with Gasteiger partial charge in [0.25, 0.3) is 5.56 Å². The molecule has 0 saturated heterocycles. The third-order valence-corrected chi connectivity index (χ3v) is 4.31. The molecule has 3 rings (SSSR count). The van der Waals surface area contributed by atoms with Crippen molar-refractivity contribution in [3.63, 3.8) is 0 Å². The molecular formula is C18H22N4O4. The van der Waals surface area contributed by atoms with Crippen molar-refractivity contribution in [1.82, 2.24) is 18.7 Å². The summed E-state index contributed by atoms with van der Waals surface area (Å²) in [5, 5.41) is 0. The van der Waals surface area contributed by atoms with E-state index in [4.69, 9.17) is 9.47 Å². The Labute approximate surface area is 150 Å². The van der Waals surface area contributed by atoms with E-state index >= 15 is 0 Å². The molecule has 0 bridgehead atoms. The van der Waals surface area contributed by atoms with Gasteiger partial charge in [-0.25, -0.2) is 9.78 Å². The number of unbranched alkanes of at least 4 members (excludes halogenated alkanes) is 1. The van der Waals surface area contributed by atoms with Crippen LogP contribution in [0.1, 0.15) is 12.8 Å². The quantitative estimate of drug-likeness (QED) is 0.595. The van der Waals surface area contributed by atoms with Crippen LogP contribution in [0, 0.1) is 0 Å². The van der Waals surface area contributed by atoms with Gasteiger partial charge in [0, 0.05) is 20.6 Å². The highest BCUT2D eigenvalue weighted by Crippen LogP contribution is 2.17. The SMILES string of the molecule is COc1ccc(OCCCCn2c(=O)c3c(ncn3C)n(C)c2=O)cc1. The number of fused-ring (bicyclic) bond motifs is 1. The fraction of sp³-hybridized carbons (Fsp3) is 0.389. The van der Waals surface area contributed by atoms with Crippen LogP contribution in [0.25, 0.3) is 11.2 Å². The predicted molar refractivity (Wildman–Crippen MR) is 97.9 cm³/mol. The summed E-state index contributed by atoms with van der Waals surface area (Å²) >= 11 is 0. The molecule has 2 heterocycles. The summed E-state index contributed by atoms with van der Waals surface area (Å²) < 4.78 is 15.1. The molecule has 0 amide bonds. The molecule has 8 heteroatoms. The van der Waals surface area contributed by atoms with Crippen molar-refractivity contribution in [3.8, 4) is 11.5 Å². The number of nitrogens with zero attached hydrogens (tertiary/aromatic N) is 4. The first kappa shape index (κ1) is 17.8. The van der Waals surface area contributed by atoms with Crippen LogP contribution < -0.4 is 20.7 Å². The van der Waals surface area contributed by atoms with E-state index in [0.29, 0.717) is 30.7 Å². The van der Waals surface area contributed by atoms with Gasteiger partial charge in [-0.2, -0.15) is 0 Å². The number of imidazole rings is 1. The number of aryl methyl sites for hydroxylation is 2. The molecular weight excluding hydrogens is 336 g/mol. The Balaban J connectivity index is 1.62. The van der Waals surface area contributed by atoms with Crippen molar-refractivity contribution in [2.75, 3.05) is 13.7 Å². The Bertz CT molecular complexity index is 1010. The van der Waals surface area contributed by atoms with Crippen LogP contribution in [-0.2, 0) is 20.6 Å². The normalized spacial score (nSPS) is 11.0. The first-order valence-electron chi connectivity index (χ1n) is 8.40. The lowest BCUT2D eigenvalue weighted by Gasteiger charge is -2.09. The Hall–Kier alpha value is -3.03. The average molecular weight is 358 g/mol. The topological polar surface area (TPSA) is 80.3 Å². The number of methoxy groups -OCH3 is 1. The number of ether oxygens (including phenoxy) is 2. The van der Waals surface area contributed by atoms with Gasteiger partial charge in [0.05, 0.1) is 20.0 Å². The van der Waals surface area contributed by atoms with Gasteiger partial charge in [-0.05, 0) is 37.1 Å². The van der Waals surface area contributed by atoms with Crippen molar-refractivity contribution in [2.45, 2.75) is 19.4 Å². The highest BCUT2D eigenvalue weighted by atomic mass is 16.5. The lowest BCUT2D eigenvalue weighted by atomic mass is 10.3. The molecule has 3 aromatic rings. The lowest BCUT2D eigenvalue weighted by molar-refractivity contribution is 0.301. The minimum Gasteiger partial charge on any atom is -0.497 e. The summed E-state index contributed by atoms with van der Waals surface area (Å²) in [5.41, 5.74) is 0.180. The summed E-state index contributed by atoms with van der Waals surface area (Å²) in [5.74, 6) is 1.54. The standard InChI is InChI=1S/C18H22N4O4/c1-20-12-19-16-15(20)17(23)22(18(24)21(16)2)10-4-5-11-26-14-8-6-13(25-3)7-9-14/h6-9,12H,4-5,10-11H2,1-3H3. The third kappa shape index (κ3) is 3.35. The number of hydrogen-bond acceptors (Lipinski definition) is 5. The maximum Gasteiger partial charge on any atom is 0.332 e. The van der Waals surface area contributed by atoms with Crippen LogP contribution in [0.2, 0.25) is 0 Å². The van der Waals surface area contributed by atoms with Crippen molar-refractivity contribution < 1.29 is 9.47 Å². The maximum atomic E-state index is 12.6. The van der Waals surface area contributed by atoms with Crippen LogP contribution in [0.3, 0.4) is 0 Å². The monoisotopic (exact) mass is 358 g/mol. The largest absolute Gasteiger partial charge is 0.497 e. The lowest BCUT2D eigenvalue weighted by Crippen LogP contribution is -2.39. The Kier molecular flexibility index (Phi) is 5.11. The molecule has 1 aromatic carbocycles. The molecule has 0 atom stereocenters. The van der Waals surface area contributed by atoms with E-state index in [2.05, 4.69) is 4.98 Å². The summed E-state index contributed by atoms with van der Waals surface area (Å²) in [6.07, 6.45) is 2.93. The molecule has 8 nitrogen and oxygen atoms in total. The average Bonchev–Trinajstić information content (AvgIpc) is 3.04. The van der Waals surface area contributed by atoms with E-state index in [9.17, 15) is 9.59 Å². The molecule has 0 N–H and O–H groups in total. The van der Waals surface area contributed by atoms with E-state index in [1.807, 2.05) is 24.3 Å². The first-order valence-corrected chi connectivity index (χ1v) is 8.40. The molecule has 0 aliphatic rings. The van der Waals surface area contributed by atoms with E-state index < -0.39 is 0 Å². The van der Waals surface area contributed by atoms with E-state index in [1.54, 1.807) is 32.1 Å². The molecule has 0 radical (unpaired) electrons. The molecule has 0 fully saturated rings. The maximum absolute atomic E-state index is 12.6. The van der Waals surface area contributed by atoms with Gasteiger partial charge in [0.2, 0.25) is 0 Å². The fourth-order valence-electron chi connectivity index (χ4n) is 2.83. The molecule has 0 aliphatic heterocycles. The molecule has 0 aliphatic carbocycles. The predicted octanol–water partition coefficient (Wildman–Crippen LogP) is 1.30. The van der Waals surface area contributed by atoms with Crippen molar-refractivity contribution in [1.29, 1.82) is 0 Å². The van der Waals surface area contributed by atoms with Crippen LogP contribution in [0.4, 0.5) is 0 Å². The molecule has 138 valence electrons. The van der Waals surface area contributed by atoms with Crippen LogP contribution >= 0.6 is 0 Å². The highest BCUT2D eigenvalue weighted by molar-refractivity contribution is 5.69. The van der Waals surface area contributed by atoms with E-state index in [-0.39, 0.29) is 11.2 Å². The zero-order valence-electron chi connectivity index (χ0n) is 15.1. The molecule has 0 saturated carbocycles. The third-order valence-electron chi connectivity index (χ3n) is 4.31. The van der Waals surface area contributed by atoms with Gasteiger partial charge in [0.1, 0.15) is 11.5 Å². The second kappa shape index (κ2) is 7.47. The number of rotatable bonds is 7. The number of aromatic nitrogens is 4. The number of benzene rings is 1. The molecule has 0 spiro atoms. The first-order chi connectivity index (χ1) is 12.5. The van der Waals surface area contributed by atoms with Gasteiger partial charge in [-0.1, -0.05) is 0 Å². The molecule has 0 unspecified atom stereocenters. The number of hydrogen-bond donors (Lipinski definition) is 0. The summed E-state index contributed by atoms with van der Waals surface area (Å²) in [7, 11) is 4.99. The highest BCUT2D eigenvalue weighted by Gasteiger charge is 2.14. The van der Waals surface area contributed by atoms with Gasteiger partial charge >= 0.3 is 5.69 Å². The van der Waals surface area contributed by atoms with Crippen molar-refractivity contribution in [2.24, 2.45) is 14.1 Å². The zero-order chi connectivity index (χ0) is 18.7. The van der Waals surface area contributed by atoms with Crippen LogP contribution in [-0.4, -0.2) is 32.4 Å². The molecule has 2 aromatic heterocycles. The van der Waals surface area contributed by atoms with Gasteiger partial charge in [-0.15, -0.1) is 0 Å². The summed E-state index contributed by atoms with van der Waals surface area (Å²) in [6, 6.07) is 7.36. The molecule has 26 heavy (non-hydrogen) atoms. The minimum atomic E-state index is -0.350. The smallest absolute Gasteiger partial charge is 0.332 e. The Morgan fingerprint density at radius 1 is 1.04 bits per heavy atom. The van der Waals surface area contributed by atoms with Crippen LogP contribution in [0.15, 0.2) is 40.2 Å². The summed E-state index contributed by atoms with van der Waals surface area (Å²) in [4.78, 5) is 29.1. The van der Waals surface area contributed by atoms with Crippen molar-refractivity contribution in [3.05, 3.63) is 51.4 Å². The minimum absolute atomic E-state index is 0.306. The van der Waals surface area contributed by atoms with Gasteiger partial charge in [-0.3, -0.25) is 13.9 Å². The Morgan fingerprint density at radius 3 is 2.42 bits per heavy atom. The van der Waals surface area contributed by atoms with Crippen molar-refractivity contribution >= 4 is 11.2 Å². The second-order valence-corrected chi connectivity index (χ2v) is 6.06. The van der Waals surface area contributed by atoms with Gasteiger partial charge in [0.15, 0.2) is 11.2 Å². The summed E-state index contributed by atoms with van der Waals surface area (Å²) in [6.45, 7) is 0.855. The van der Waals surface area contributed by atoms with Crippen LogP contribution in [0.5, 0.6) is 11.5 Å². The Morgan fingerprint density at radius 2 is 1.73 bits per heavy atom.